The summed E-state index contributed by atoms with van der Waals surface area (Å²) in [6.07, 6.45) is 1.61. The number of rotatable bonds is 7. The Hall–Kier alpha value is -2.18. The third-order valence-corrected chi connectivity index (χ3v) is 3.93. The summed E-state index contributed by atoms with van der Waals surface area (Å²) in [5.41, 5.74) is 0.398. The molecule has 1 heterocycles. The highest BCUT2D eigenvalue weighted by atomic mass is 35.5. The van der Waals surface area contributed by atoms with Gasteiger partial charge in [0.1, 0.15) is 5.76 Å². The van der Waals surface area contributed by atoms with Gasteiger partial charge in [-0.3, -0.25) is 9.69 Å². The number of furan rings is 1. The fourth-order valence-electron chi connectivity index (χ4n) is 2.36. The monoisotopic (exact) mass is 352 g/mol. The molecule has 7 heteroatoms. The lowest BCUT2D eigenvalue weighted by atomic mass is 10.1. The molecule has 0 fully saturated rings. The van der Waals surface area contributed by atoms with E-state index in [1.165, 1.54) is 14.2 Å². The summed E-state index contributed by atoms with van der Waals surface area (Å²) < 4.78 is 15.8. The maximum atomic E-state index is 12.4. The number of methoxy groups -OCH3 is 2. The zero-order chi connectivity index (χ0) is 17.7. The summed E-state index contributed by atoms with van der Waals surface area (Å²) in [5.74, 6) is 1.34. The summed E-state index contributed by atoms with van der Waals surface area (Å²) in [6.45, 7) is 0.394. The molecule has 24 heavy (non-hydrogen) atoms. The number of likely N-dealkylation sites (N-methyl/N-ethyl adjacent to an activating group) is 1. The summed E-state index contributed by atoms with van der Waals surface area (Å²) in [4.78, 5) is 14.4. The zero-order valence-corrected chi connectivity index (χ0v) is 14.9. The van der Waals surface area contributed by atoms with Crippen molar-refractivity contribution in [3.8, 4) is 11.5 Å². The molecule has 1 amide bonds. The van der Waals surface area contributed by atoms with E-state index in [0.29, 0.717) is 28.6 Å². The lowest BCUT2D eigenvalue weighted by Crippen LogP contribution is -2.34. The van der Waals surface area contributed by atoms with E-state index in [1.54, 1.807) is 18.4 Å². The standard InChI is InChI=1S/C17H21ClN2O4/c1-20(2)13(14-6-5-7-24-14)10-19-17(21)11-8-12(18)16(23-4)15(9-11)22-3/h5-9,13H,10H2,1-4H3,(H,19,21)/t13-/m0/s1. The van der Waals surface area contributed by atoms with E-state index >= 15 is 0 Å². The van der Waals surface area contributed by atoms with Crippen LogP contribution in [0.25, 0.3) is 0 Å². The smallest absolute Gasteiger partial charge is 0.251 e. The number of nitrogens with zero attached hydrogens (tertiary/aromatic N) is 1. The number of hydrogen-bond acceptors (Lipinski definition) is 5. The van der Waals surface area contributed by atoms with E-state index in [0.717, 1.165) is 5.76 Å². The molecule has 6 nitrogen and oxygen atoms in total. The largest absolute Gasteiger partial charge is 0.493 e. The van der Waals surface area contributed by atoms with Crippen molar-refractivity contribution < 1.29 is 18.7 Å². The lowest BCUT2D eigenvalue weighted by molar-refractivity contribution is 0.0938. The molecule has 0 unspecified atom stereocenters. The summed E-state index contributed by atoms with van der Waals surface area (Å²) in [6, 6.07) is 6.78. The number of ether oxygens (including phenoxy) is 2. The van der Waals surface area contributed by atoms with E-state index in [9.17, 15) is 4.79 Å². The third kappa shape index (κ3) is 4.01. The Bertz CT molecular complexity index is 686. The van der Waals surface area contributed by atoms with E-state index in [-0.39, 0.29) is 11.9 Å². The van der Waals surface area contributed by atoms with Gasteiger partial charge in [0.15, 0.2) is 11.5 Å². The molecule has 0 radical (unpaired) electrons. The molecule has 0 aliphatic heterocycles. The molecule has 1 aromatic carbocycles. The van der Waals surface area contributed by atoms with Gasteiger partial charge in [0.2, 0.25) is 0 Å². The van der Waals surface area contributed by atoms with Gasteiger partial charge in [-0.05, 0) is 38.4 Å². The van der Waals surface area contributed by atoms with Crippen LogP contribution in [0.3, 0.4) is 0 Å². The molecule has 2 aromatic rings. The van der Waals surface area contributed by atoms with Crippen molar-refractivity contribution in [2.24, 2.45) is 0 Å². The van der Waals surface area contributed by atoms with Crippen molar-refractivity contribution in [3.63, 3.8) is 0 Å². The quantitative estimate of drug-likeness (QED) is 0.830. The van der Waals surface area contributed by atoms with Crippen LogP contribution in [0.5, 0.6) is 11.5 Å². The molecule has 1 N–H and O–H groups in total. The highest BCUT2D eigenvalue weighted by Crippen LogP contribution is 2.36. The van der Waals surface area contributed by atoms with Gasteiger partial charge in [-0.1, -0.05) is 11.6 Å². The van der Waals surface area contributed by atoms with Crippen LogP contribution in [0.1, 0.15) is 22.2 Å². The third-order valence-electron chi connectivity index (χ3n) is 3.65. The molecule has 0 saturated heterocycles. The number of carbonyl (C=O) groups excluding carboxylic acids is 1. The second-order valence-corrected chi connectivity index (χ2v) is 5.81. The fourth-order valence-corrected chi connectivity index (χ4v) is 2.65. The highest BCUT2D eigenvalue weighted by Gasteiger charge is 2.20. The Morgan fingerprint density at radius 3 is 2.62 bits per heavy atom. The number of amides is 1. The number of carbonyl (C=O) groups is 1. The number of hydrogen-bond donors (Lipinski definition) is 1. The summed E-state index contributed by atoms with van der Waals surface area (Å²) in [5, 5.41) is 3.21. The first-order valence-corrected chi connectivity index (χ1v) is 7.75. The maximum Gasteiger partial charge on any atom is 0.251 e. The van der Waals surface area contributed by atoms with Crippen molar-refractivity contribution in [1.29, 1.82) is 0 Å². The predicted octanol–water partition coefficient (Wildman–Crippen LogP) is 2.98. The average molecular weight is 353 g/mol. The topological polar surface area (TPSA) is 63.9 Å². The van der Waals surface area contributed by atoms with Crippen LogP contribution < -0.4 is 14.8 Å². The van der Waals surface area contributed by atoms with Crippen LogP contribution in [-0.4, -0.2) is 45.7 Å². The van der Waals surface area contributed by atoms with Gasteiger partial charge in [-0.15, -0.1) is 0 Å². The Labute approximate surface area is 146 Å². The molecule has 0 saturated carbocycles. The number of benzene rings is 1. The van der Waals surface area contributed by atoms with Gasteiger partial charge in [-0.2, -0.15) is 0 Å². The molecule has 0 aliphatic carbocycles. The van der Waals surface area contributed by atoms with Crippen LogP contribution in [0.2, 0.25) is 5.02 Å². The van der Waals surface area contributed by atoms with Crippen LogP contribution in [0.15, 0.2) is 34.9 Å². The molecule has 0 bridgehead atoms. The predicted molar refractivity (Wildman–Crippen MR) is 92.0 cm³/mol. The van der Waals surface area contributed by atoms with Crippen molar-refractivity contribution in [2.45, 2.75) is 6.04 Å². The van der Waals surface area contributed by atoms with Crippen LogP contribution in [0.4, 0.5) is 0 Å². The minimum absolute atomic E-state index is 0.0698. The summed E-state index contributed by atoms with van der Waals surface area (Å²) >= 11 is 6.14. The molecular formula is C17H21ClN2O4. The maximum absolute atomic E-state index is 12.4. The molecule has 1 atom stereocenters. The van der Waals surface area contributed by atoms with Gasteiger partial charge < -0.3 is 19.2 Å². The lowest BCUT2D eigenvalue weighted by Gasteiger charge is -2.22. The Morgan fingerprint density at radius 2 is 2.08 bits per heavy atom. The van der Waals surface area contributed by atoms with Gasteiger partial charge in [0.05, 0.1) is 31.5 Å². The molecule has 1 aromatic heterocycles. The van der Waals surface area contributed by atoms with E-state index < -0.39 is 0 Å². The summed E-state index contributed by atoms with van der Waals surface area (Å²) in [7, 11) is 6.84. The van der Waals surface area contributed by atoms with Crippen LogP contribution in [0, 0.1) is 0 Å². The Morgan fingerprint density at radius 1 is 1.33 bits per heavy atom. The Kier molecular flexibility index (Phi) is 6.11. The van der Waals surface area contributed by atoms with E-state index in [2.05, 4.69) is 5.32 Å². The molecular weight excluding hydrogens is 332 g/mol. The van der Waals surface area contributed by atoms with Crippen molar-refractivity contribution in [1.82, 2.24) is 10.2 Å². The van der Waals surface area contributed by atoms with Crippen molar-refractivity contribution >= 4 is 17.5 Å². The first kappa shape index (κ1) is 18.2. The second-order valence-electron chi connectivity index (χ2n) is 5.40. The number of halogens is 1. The highest BCUT2D eigenvalue weighted by molar-refractivity contribution is 6.32. The molecule has 0 spiro atoms. The number of nitrogens with one attached hydrogen (secondary N) is 1. The minimum Gasteiger partial charge on any atom is -0.493 e. The van der Waals surface area contributed by atoms with E-state index in [4.69, 9.17) is 25.5 Å². The minimum atomic E-state index is -0.253. The van der Waals surface area contributed by atoms with Gasteiger partial charge >= 0.3 is 0 Å². The first-order valence-electron chi connectivity index (χ1n) is 7.37. The Balaban J connectivity index is 2.13. The van der Waals surface area contributed by atoms with Crippen molar-refractivity contribution in [2.75, 3.05) is 34.9 Å². The van der Waals surface area contributed by atoms with Gasteiger partial charge in [0.25, 0.3) is 5.91 Å². The van der Waals surface area contributed by atoms with Crippen LogP contribution >= 0.6 is 11.6 Å². The second kappa shape index (κ2) is 8.08. The molecule has 2 rings (SSSR count). The fraction of sp³-hybridized carbons (Fsp3) is 0.353. The SMILES string of the molecule is COc1cc(C(=O)NC[C@@H](c2ccco2)N(C)C)cc(Cl)c1OC. The first-order chi connectivity index (χ1) is 11.5. The van der Waals surface area contributed by atoms with E-state index in [1.807, 2.05) is 31.1 Å². The normalized spacial score (nSPS) is 12.1. The van der Waals surface area contributed by atoms with Gasteiger partial charge in [-0.25, -0.2) is 0 Å². The molecule has 130 valence electrons. The van der Waals surface area contributed by atoms with Gasteiger partial charge in [0, 0.05) is 12.1 Å². The zero-order valence-electron chi connectivity index (χ0n) is 14.1. The molecule has 0 aliphatic rings. The average Bonchev–Trinajstić information content (AvgIpc) is 3.07. The van der Waals surface area contributed by atoms with Crippen LogP contribution in [-0.2, 0) is 0 Å². The van der Waals surface area contributed by atoms with Crippen molar-refractivity contribution in [3.05, 3.63) is 46.9 Å².